The van der Waals surface area contributed by atoms with Gasteiger partial charge in [-0.1, -0.05) is 0 Å². The highest BCUT2D eigenvalue weighted by Gasteiger charge is 2.20. The molecule has 18 heavy (non-hydrogen) atoms. The van der Waals surface area contributed by atoms with Gasteiger partial charge in [-0.05, 0) is 22.0 Å². The zero-order valence-electron chi connectivity index (χ0n) is 8.93. The van der Waals surface area contributed by atoms with Crippen molar-refractivity contribution in [1.29, 1.82) is 0 Å². The van der Waals surface area contributed by atoms with E-state index in [1.807, 2.05) is 0 Å². The third kappa shape index (κ3) is 1.84. The molecule has 94 valence electrons. The smallest absolute Gasteiger partial charge is 0.340 e. The summed E-state index contributed by atoms with van der Waals surface area (Å²) in [5.41, 5.74) is -0.371. The van der Waals surface area contributed by atoms with Crippen molar-refractivity contribution in [3.05, 3.63) is 39.8 Å². The summed E-state index contributed by atoms with van der Waals surface area (Å²) in [7, 11) is 1.16. The number of halogens is 4. The molecule has 0 unspecified atom stereocenters. The van der Waals surface area contributed by atoms with Gasteiger partial charge in [0.15, 0.2) is 17.5 Å². The van der Waals surface area contributed by atoms with Gasteiger partial charge in [-0.15, -0.1) is 0 Å². The molecule has 1 aromatic heterocycles. The van der Waals surface area contributed by atoms with Crippen LogP contribution < -0.4 is 0 Å². The van der Waals surface area contributed by atoms with Crippen LogP contribution in [0.4, 0.5) is 13.2 Å². The van der Waals surface area contributed by atoms with Crippen molar-refractivity contribution in [3.8, 4) is 0 Å². The summed E-state index contributed by atoms with van der Waals surface area (Å²) in [4.78, 5) is 15.0. The Balaban J connectivity index is 2.84. The lowest BCUT2D eigenvalue weighted by molar-refractivity contribution is 0.0599. The summed E-state index contributed by atoms with van der Waals surface area (Å²) >= 11 is 3.02. The van der Waals surface area contributed by atoms with Crippen LogP contribution in [-0.4, -0.2) is 18.1 Å². The number of benzene rings is 1. The van der Waals surface area contributed by atoms with E-state index in [-0.39, 0.29) is 20.9 Å². The van der Waals surface area contributed by atoms with E-state index in [1.165, 1.54) is 0 Å². The van der Waals surface area contributed by atoms with Gasteiger partial charge in [0.1, 0.15) is 5.52 Å². The van der Waals surface area contributed by atoms with Gasteiger partial charge >= 0.3 is 5.97 Å². The number of fused-ring (bicyclic) bond motifs is 1. The average Bonchev–Trinajstić information content (AvgIpc) is 2.36. The Morgan fingerprint density at radius 2 is 2.00 bits per heavy atom. The molecule has 0 aliphatic heterocycles. The number of aromatic nitrogens is 1. The molecule has 0 saturated carbocycles. The van der Waals surface area contributed by atoms with Crippen LogP contribution in [0.1, 0.15) is 10.4 Å². The van der Waals surface area contributed by atoms with Gasteiger partial charge in [0.25, 0.3) is 0 Å². The molecule has 2 aromatic rings. The van der Waals surface area contributed by atoms with E-state index in [9.17, 15) is 18.0 Å². The quantitative estimate of drug-likeness (QED) is 0.598. The third-order valence-electron chi connectivity index (χ3n) is 2.34. The van der Waals surface area contributed by atoms with Crippen LogP contribution in [0, 0.1) is 17.5 Å². The maximum Gasteiger partial charge on any atom is 0.340 e. The van der Waals surface area contributed by atoms with Gasteiger partial charge in [0.2, 0.25) is 0 Å². The molecule has 0 amide bonds. The van der Waals surface area contributed by atoms with E-state index in [2.05, 4.69) is 25.7 Å². The maximum atomic E-state index is 13.4. The van der Waals surface area contributed by atoms with Crippen LogP contribution in [0.2, 0.25) is 0 Å². The van der Waals surface area contributed by atoms with Crippen molar-refractivity contribution in [2.24, 2.45) is 0 Å². The molecule has 0 aliphatic rings. The highest BCUT2D eigenvalue weighted by molar-refractivity contribution is 9.10. The number of methoxy groups -OCH3 is 1. The van der Waals surface area contributed by atoms with Crippen LogP contribution in [0.15, 0.2) is 16.7 Å². The lowest BCUT2D eigenvalue weighted by Gasteiger charge is -2.07. The monoisotopic (exact) mass is 319 g/mol. The van der Waals surface area contributed by atoms with E-state index < -0.39 is 23.4 Å². The zero-order chi connectivity index (χ0) is 13.4. The SMILES string of the molecule is COC(=O)c1cnc2c(F)c(F)c(F)cc2c1Br. The minimum atomic E-state index is -1.60. The van der Waals surface area contributed by atoms with Gasteiger partial charge < -0.3 is 4.74 Å². The number of nitrogens with zero attached hydrogens (tertiary/aromatic N) is 1. The molecule has 0 fully saturated rings. The van der Waals surface area contributed by atoms with Crippen LogP contribution in [-0.2, 0) is 4.74 Å². The van der Waals surface area contributed by atoms with Gasteiger partial charge in [-0.25, -0.2) is 18.0 Å². The molecule has 0 aliphatic carbocycles. The second-order valence-corrected chi connectivity index (χ2v) is 4.15. The van der Waals surface area contributed by atoms with E-state index in [1.54, 1.807) is 0 Å². The van der Waals surface area contributed by atoms with Crippen molar-refractivity contribution in [3.63, 3.8) is 0 Å². The molecule has 0 radical (unpaired) electrons. The molecule has 0 atom stereocenters. The Labute approximate surface area is 108 Å². The fourth-order valence-electron chi connectivity index (χ4n) is 1.46. The first-order chi connectivity index (χ1) is 8.47. The van der Waals surface area contributed by atoms with Gasteiger partial charge in [-0.3, -0.25) is 4.98 Å². The molecule has 3 nitrogen and oxygen atoms in total. The zero-order valence-corrected chi connectivity index (χ0v) is 10.5. The lowest BCUT2D eigenvalue weighted by atomic mass is 10.1. The van der Waals surface area contributed by atoms with E-state index in [0.717, 1.165) is 19.4 Å². The van der Waals surface area contributed by atoms with Gasteiger partial charge in [0.05, 0.1) is 12.7 Å². The van der Waals surface area contributed by atoms with Crippen molar-refractivity contribution in [1.82, 2.24) is 4.98 Å². The van der Waals surface area contributed by atoms with Crippen molar-refractivity contribution >= 4 is 32.8 Å². The number of carbonyl (C=O) groups excluding carboxylic acids is 1. The number of ether oxygens (including phenoxy) is 1. The number of esters is 1. The molecule has 0 saturated heterocycles. The largest absolute Gasteiger partial charge is 0.465 e. The number of hydrogen-bond acceptors (Lipinski definition) is 3. The Kier molecular flexibility index (Phi) is 3.25. The first kappa shape index (κ1) is 12.8. The Bertz CT molecular complexity index is 661. The molecule has 1 aromatic carbocycles. The van der Waals surface area contributed by atoms with Crippen LogP contribution in [0.5, 0.6) is 0 Å². The number of pyridine rings is 1. The minimum absolute atomic E-state index is 0.00425. The summed E-state index contributed by atoms with van der Waals surface area (Å²) < 4.78 is 44.2. The highest BCUT2D eigenvalue weighted by Crippen LogP contribution is 2.30. The van der Waals surface area contributed by atoms with Crippen LogP contribution >= 0.6 is 15.9 Å². The van der Waals surface area contributed by atoms with Crippen molar-refractivity contribution in [2.75, 3.05) is 7.11 Å². The molecule has 0 N–H and O–H groups in total. The predicted octanol–water partition coefficient (Wildman–Crippen LogP) is 3.20. The van der Waals surface area contributed by atoms with Crippen LogP contribution in [0.3, 0.4) is 0 Å². The summed E-state index contributed by atoms with van der Waals surface area (Å²) in [6.45, 7) is 0. The molecule has 2 rings (SSSR count). The summed E-state index contributed by atoms with van der Waals surface area (Å²) in [6, 6.07) is 0.761. The maximum absolute atomic E-state index is 13.4. The predicted molar refractivity (Wildman–Crippen MR) is 60.7 cm³/mol. The topological polar surface area (TPSA) is 39.2 Å². The molecule has 7 heteroatoms. The first-order valence-electron chi connectivity index (χ1n) is 4.67. The van der Waals surface area contributed by atoms with Gasteiger partial charge in [-0.2, -0.15) is 0 Å². The normalized spacial score (nSPS) is 10.7. The van der Waals surface area contributed by atoms with Crippen molar-refractivity contribution < 1.29 is 22.7 Å². The third-order valence-corrected chi connectivity index (χ3v) is 3.19. The lowest BCUT2D eigenvalue weighted by Crippen LogP contribution is -2.05. The average molecular weight is 320 g/mol. The van der Waals surface area contributed by atoms with Gasteiger partial charge in [0, 0.05) is 16.1 Å². The fraction of sp³-hybridized carbons (Fsp3) is 0.0909. The standard InChI is InChI=1S/C11H5BrF3NO2/c1-18-11(17)5-3-16-10-4(7(5)12)2-6(13)8(14)9(10)15/h2-3H,1H3. The molecular formula is C11H5BrF3NO2. The summed E-state index contributed by atoms with van der Waals surface area (Å²) in [5.74, 6) is -5.08. The number of rotatable bonds is 1. The number of carbonyl (C=O) groups is 1. The Morgan fingerprint density at radius 3 is 2.61 bits per heavy atom. The fourth-order valence-corrected chi connectivity index (χ4v) is 2.03. The van der Waals surface area contributed by atoms with E-state index in [0.29, 0.717) is 0 Å². The van der Waals surface area contributed by atoms with E-state index in [4.69, 9.17) is 0 Å². The molecule has 0 spiro atoms. The molecule has 1 heterocycles. The molecule has 0 bridgehead atoms. The molecular weight excluding hydrogens is 315 g/mol. The van der Waals surface area contributed by atoms with Crippen molar-refractivity contribution in [2.45, 2.75) is 0 Å². The Morgan fingerprint density at radius 1 is 1.33 bits per heavy atom. The van der Waals surface area contributed by atoms with Crippen LogP contribution in [0.25, 0.3) is 10.9 Å². The number of hydrogen-bond donors (Lipinski definition) is 0. The second kappa shape index (κ2) is 4.56. The summed E-state index contributed by atoms with van der Waals surface area (Å²) in [6.07, 6.45) is 1.03. The van der Waals surface area contributed by atoms with E-state index >= 15 is 0 Å². The first-order valence-corrected chi connectivity index (χ1v) is 5.46. The second-order valence-electron chi connectivity index (χ2n) is 3.36. The minimum Gasteiger partial charge on any atom is -0.465 e. The highest BCUT2D eigenvalue weighted by atomic mass is 79.9. The summed E-state index contributed by atoms with van der Waals surface area (Å²) in [5, 5.41) is -0.0469. The Hall–Kier alpha value is -1.63.